The standard InChI is InChI=1S/C12H15ClO3S/c1-17-10-6-2-4-9(11(14)12(15)16)8(10)5-3-7-13/h2,4,6,11,14H,3,5,7H2,1H3,(H,15,16). The highest BCUT2D eigenvalue weighted by Crippen LogP contribution is 2.29. The van der Waals surface area contributed by atoms with E-state index in [-0.39, 0.29) is 0 Å². The van der Waals surface area contributed by atoms with E-state index in [0.717, 1.165) is 16.9 Å². The van der Waals surface area contributed by atoms with Crippen molar-refractivity contribution in [1.82, 2.24) is 0 Å². The lowest BCUT2D eigenvalue weighted by Gasteiger charge is -2.15. The van der Waals surface area contributed by atoms with Crippen LogP contribution in [0.1, 0.15) is 23.7 Å². The summed E-state index contributed by atoms with van der Waals surface area (Å²) in [5.41, 5.74) is 1.35. The second kappa shape index (κ2) is 6.89. The molecule has 0 saturated heterocycles. The summed E-state index contributed by atoms with van der Waals surface area (Å²) < 4.78 is 0. The van der Waals surface area contributed by atoms with Gasteiger partial charge in [-0.3, -0.25) is 0 Å². The molecule has 3 nitrogen and oxygen atoms in total. The number of carbonyl (C=O) groups is 1. The van der Waals surface area contributed by atoms with E-state index in [1.807, 2.05) is 12.3 Å². The summed E-state index contributed by atoms with van der Waals surface area (Å²) in [6.45, 7) is 0. The molecule has 2 N–H and O–H groups in total. The average molecular weight is 275 g/mol. The quantitative estimate of drug-likeness (QED) is 0.619. The van der Waals surface area contributed by atoms with Gasteiger partial charge in [-0.1, -0.05) is 12.1 Å². The van der Waals surface area contributed by atoms with E-state index < -0.39 is 12.1 Å². The fourth-order valence-corrected chi connectivity index (χ4v) is 2.49. The Labute approximate surface area is 110 Å². The average Bonchev–Trinajstić information content (AvgIpc) is 2.34. The van der Waals surface area contributed by atoms with Gasteiger partial charge in [-0.2, -0.15) is 0 Å². The minimum atomic E-state index is -1.47. The zero-order valence-electron chi connectivity index (χ0n) is 9.52. The Morgan fingerprint density at radius 1 is 1.53 bits per heavy atom. The molecule has 0 bridgehead atoms. The first-order chi connectivity index (χ1) is 8.11. The number of alkyl halides is 1. The maximum atomic E-state index is 10.8. The van der Waals surface area contributed by atoms with Crippen molar-refractivity contribution in [3.05, 3.63) is 29.3 Å². The molecule has 17 heavy (non-hydrogen) atoms. The number of rotatable bonds is 6. The van der Waals surface area contributed by atoms with Gasteiger partial charge in [-0.25, -0.2) is 4.79 Å². The summed E-state index contributed by atoms with van der Waals surface area (Å²) in [5.74, 6) is -0.707. The van der Waals surface area contributed by atoms with Crippen molar-refractivity contribution in [2.24, 2.45) is 0 Å². The molecule has 0 aliphatic carbocycles. The number of aliphatic hydroxyl groups excluding tert-OH is 1. The Balaban J connectivity index is 3.13. The zero-order chi connectivity index (χ0) is 12.8. The first kappa shape index (κ1) is 14.4. The summed E-state index contributed by atoms with van der Waals surface area (Å²) in [6, 6.07) is 5.34. The van der Waals surface area contributed by atoms with Gasteiger partial charge >= 0.3 is 5.97 Å². The molecule has 0 amide bonds. The Kier molecular flexibility index (Phi) is 5.82. The van der Waals surface area contributed by atoms with Crippen LogP contribution in [0, 0.1) is 0 Å². The molecule has 1 aromatic rings. The number of carboxylic acids is 1. The monoisotopic (exact) mass is 274 g/mol. The molecular formula is C12H15ClO3S. The van der Waals surface area contributed by atoms with Crippen molar-refractivity contribution in [2.45, 2.75) is 23.8 Å². The van der Waals surface area contributed by atoms with Crippen LogP contribution in [-0.4, -0.2) is 28.3 Å². The number of hydrogen-bond donors (Lipinski definition) is 2. The SMILES string of the molecule is CSc1cccc(C(O)C(=O)O)c1CCCCl. The maximum Gasteiger partial charge on any atom is 0.337 e. The van der Waals surface area contributed by atoms with Gasteiger partial charge < -0.3 is 10.2 Å². The van der Waals surface area contributed by atoms with Crippen molar-refractivity contribution in [3.8, 4) is 0 Å². The smallest absolute Gasteiger partial charge is 0.337 e. The lowest BCUT2D eigenvalue weighted by molar-refractivity contribution is -0.147. The van der Waals surface area contributed by atoms with E-state index >= 15 is 0 Å². The largest absolute Gasteiger partial charge is 0.479 e. The maximum absolute atomic E-state index is 10.8. The van der Waals surface area contributed by atoms with Gasteiger partial charge in [0.2, 0.25) is 0 Å². The number of carboxylic acid groups (broad SMARTS) is 1. The molecule has 0 aliphatic heterocycles. The van der Waals surface area contributed by atoms with Crippen LogP contribution in [0.3, 0.4) is 0 Å². The topological polar surface area (TPSA) is 57.5 Å². The summed E-state index contributed by atoms with van der Waals surface area (Å²) >= 11 is 7.20. The number of benzene rings is 1. The lowest BCUT2D eigenvalue weighted by atomic mass is 9.99. The molecule has 0 fully saturated rings. The van der Waals surface area contributed by atoms with Crippen LogP contribution in [0.15, 0.2) is 23.1 Å². The molecule has 0 radical (unpaired) electrons. The van der Waals surface area contributed by atoms with Gasteiger partial charge in [0.05, 0.1) is 0 Å². The summed E-state index contributed by atoms with van der Waals surface area (Å²) in [6.07, 6.45) is 1.90. The third-order valence-corrected chi connectivity index (χ3v) is 3.57. The van der Waals surface area contributed by atoms with Crippen molar-refractivity contribution in [1.29, 1.82) is 0 Å². The molecule has 1 atom stereocenters. The van der Waals surface area contributed by atoms with Gasteiger partial charge in [-0.15, -0.1) is 23.4 Å². The Bertz CT molecular complexity index is 395. The minimum Gasteiger partial charge on any atom is -0.479 e. The third-order valence-electron chi connectivity index (χ3n) is 2.48. The first-order valence-corrected chi connectivity index (χ1v) is 7.00. The van der Waals surface area contributed by atoms with E-state index in [0.29, 0.717) is 17.9 Å². The van der Waals surface area contributed by atoms with Crippen LogP contribution in [0.2, 0.25) is 0 Å². The van der Waals surface area contributed by atoms with Gasteiger partial charge in [-0.05, 0) is 36.3 Å². The summed E-state index contributed by atoms with van der Waals surface area (Å²) in [5, 5.41) is 18.5. The molecule has 5 heteroatoms. The van der Waals surface area contributed by atoms with Gasteiger partial charge in [0.15, 0.2) is 6.10 Å². The summed E-state index contributed by atoms with van der Waals surface area (Å²) in [7, 11) is 0. The number of aliphatic hydroxyl groups is 1. The normalized spacial score (nSPS) is 12.4. The Hall–Kier alpha value is -0.710. The predicted molar refractivity (Wildman–Crippen MR) is 69.9 cm³/mol. The molecule has 1 rings (SSSR count). The fourth-order valence-electron chi connectivity index (χ4n) is 1.67. The van der Waals surface area contributed by atoms with E-state index in [1.54, 1.807) is 23.9 Å². The second-order valence-electron chi connectivity index (χ2n) is 3.56. The van der Waals surface area contributed by atoms with Crippen molar-refractivity contribution in [2.75, 3.05) is 12.1 Å². The van der Waals surface area contributed by atoms with Crippen LogP contribution < -0.4 is 0 Å². The number of halogens is 1. The molecule has 0 heterocycles. The molecule has 0 aliphatic rings. The zero-order valence-corrected chi connectivity index (χ0v) is 11.1. The van der Waals surface area contributed by atoms with E-state index in [2.05, 4.69) is 0 Å². The Morgan fingerprint density at radius 2 is 2.24 bits per heavy atom. The molecule has 94 valence electrons. The molecule has 0 saturated carbocycles. The van der Waals surface area contributed by atoms with Crippen LogP contribution in [0.4, 0.5) is 0 Å². The van der Waals surface area contributed by atoms with E-state index in [1.165, 1.54) is 0 Å². The predicted octanol–water partition coefficient (Wildman–Crippen LogP) is 2.70. The van der Waals surface area contributed by atoms with Crippen molar-refractivity contribution < 1.29 is 15.0 Å². The van der Waals surface area contributed by atoms with Gasteiger partial charge in [0.25, 0.3) is 0 Å². The van der Waals surface area contributed by atoms with Crippen LogP contribution in [0.5, 0.6) is 0 Å². The van der Waals surface area contributed by atoms with Crippen LogP contribution in [-0.2, 0) is 11.2 Å². The number of aliphatic carboxylic acids is 1. The third kappa shape index (κ3) is 3.63. The molecule has 1 aromatic carbocycles. The minimum absolute atomic E-state index is 0.467. The van der Waals surface area contributed by atoms with Crippen LogP contribution >= 0.6 is 23.4 Å². The summed E-state index contributed by atoms with van der Waals surface area (Å²) in [4.78, 5) is 11.8. The Morgan fingerprint density at radius 3 is 2.76 bits per heavy atom. The van der Waals surface area contributed by atoms with E-state index in [9.17, 15) is 9.90 Å². The highest BCUT2D eigenvalue weighted by atomic mass is 35.5. The van der Waals surface area contributed by atoms with Crippen molar-refractivity contribution in [3.63, 3.8) is 0 Å². The van der Waals surface area contributed by atoms with E-state index in [4.69, 9.17) is 16.7 Å². The number of hydrogen-bond acceptors (Lipinski definition) is 3. The fraction of sp³-hybridized carbons (Fsp3) is 0.417. The van der Waals surface area contributed by atoms with Gasteiger partial charge in [0.1, 0.15) is 0 Å². The highest BCUT2D eigenvalue weighted by Gasteiger charge is 2.20. The second-order valence-corrected chi connectivity index (χ2v) is 4.79. The van der Waals surface area contributed by atoms with Gasteiger partial charge in [0, 0.05) is 10.8 Å². The van der Waals surface area contributed by atoms with Crippen LogP contribution in [0.25, 0.3) is 0 Å². The van der Waals surface area contributed by atoms with Crippen molar-refractivity contribution >= 4 is 29.3 Å². The lowest BCUT2D eigenvalue weighted by Crippen LogP contribution is -2.13. The molecule has 0 spiro atoms. The first-order valence-electron chi connectivity index (χ1n) is 5.24. The number of thioether (sulfide) groups is 1. The molecular weight excluding hydrogens is 260 g/mol. The molecule has 1 unspecified atom stereocenters. The molecule has 0 aromatic heterocycles. The highest BCUT2D eigenvalue weighted by molar-refractivity contribution is 7.98.